The summed E-state index contributed by atoms with van der Waals surface area (Å²) < 4.78 is 1.59. The van der Waals surface area contributed by atoms with Gasteiger partial charge in [-0.15, -0.1) is 0 Å². The van der Waals surface area contributed by atoms with Crippen LogP contribution < -0.4 is 5.32 Å². The van der Waals surface area contributed by atoms with E-state index in [1.165, 1.54) is 0 Å². The molecule has 1 heterocycles. The smallest absolute Gasteiger partial charge is 0.245 e. The summed E-state index contributed by atoms with van der Waals surface area (Å²) >= 11 is 0. The van der Waals surface area contributed by atoms with E-state index in [0.29, 0.717) is 6.42 Å². The van der Waals surface area contributed by atoms with Crippen molar-refractivity contribution >= 4 is 5.91 Å². The maximum absolute atomic E-state index is 11.9. The molecule has 2 N–H and O–H groups in total. The Balaban J connectivity index is 2.65. The van der Waals surface area contributed by atoms with Gasteiger partial charge in [-0.2, -0.15) is 5.10 Å². The molecular weight excluding hydrogens is 206 g/mol. The first-order chi connectivity index (χ1) is 7.52. The van der Waals surface area contributed by atoms with E-state index in [1.807, 2.05) is 13.8 Å². The van der Waals surface area contributed by atoms with Crippen LogP contribution in [0.5, 0.6) is 0 Å². The molecule has 0 fully saturated rings. The number of aliphatic hydroxyl groups is 1. The van der Waals surface area contributed by atoms with E-state index in [1.54, 1.807) is 30.1 Å². The average molecular weight is 225 g/mol. The molecule has 1 rings (SSSR count). The van der Waals surface area contributed by atoms with Gasteiger partial charge in [0, 0.05) is 12.4 Å². The lowest BCUT2D eigenvalue weighted by molar-refractivity contribution is -0.126. The zero-order chi connectivity index (χ0) is 12.2. The molecule has 0 bridgehead atoms. The summed E-state index contributed by atoms with van der Waals surface area (Å²) in [6.45, 7) is 5.45. The van der Waals surface area contributed by atoms with Gasteiger partial charge in [0.25, 0.3) is 0 Å². The summed E-state index contributed by atoms with van der Waals surface area (Å²) in [4.78, 5) is 11.9. The molecule has 0 radical (unpaired) electrons. The SMILES string of the molecule is CCC(C)(CO)NC(=O)C(C)n1cccn1. The molecule has 1 aromatic heterocycles. The van der Waals surface area contributed by atoms with Crippen LogP contribution >= 0.6 is 0 Å². The van der Waals surface area contributed by atoms with Crippen LogP contribution in [0.15, 0.2) is 18.5 Å². The van der Waals surface area contributed by atoms with Crippen molar-refractivity contribution in [1.82, 2.24) is 15.1 Å². The molecule has 16 heavy (non-hydrogen) atoms. The van der Waals surface area contributed by atoms with Crippen molar-refractivity contribution in [2.45, 2.75) is 38.8 Å². The molecule has 0 saturated heterocycles. The maximum Gasteiger partial charge on any atom is 0.245 e. The molecule has 2 unspecified atom stereocenters. The predicted octanol–water partition coefficient (Wildman–Crippen LogP) is 0.721. The van der Waals surface area contributed by atoms with E-state index in [4.69, 9.17) is 0 Å². The van der Waals surface area contributed by atoms with Crippen LogP contribution in [0.1, 0.15) is 33.2 Å². The van der Waals surface area contributed by atoms with Gasteiger partial charge in [0.05, 0.1) is 12.1 Å². The maximum atomic E-state index is 11.9. The van der Waals surface area contributed by atoms with Gasteiger partial charge >= 0.3 is 0 Å². The number of carbonyl (C=O) groups is 1. The number of rotatable bonds is 5. The number of carbonyl (C=O) groups excluding carboxylic acids is 1. The van der Waals surface area contributed by atoms with Crippen molar-refractivity contribution in [2.75, 3.05) is 6.61 Å². The minimum Gasteiger partial charge on any atom is -0.394 e. The second kappa shape index (κ2) is 5.12. The fourth-order valence-electron chi connectivity index (χ4n) is 1.27. The van der Waals surface area contributed by atoms with Gasteiger partial charge in [0.15, 0.2) is 0 Å². The largest absolute Gasteiger partial charge is 0.394 e. The summed E-state index contributed by atoms with van der Waals surface area (Å²) in [5, 5.41) is 16.1. The molecule has 1 amide bonds. The van der Waals surface area contributed by atoms with Crippen molar-refractivity contribution in [3.63, 3.8) is 0 Å². The summed E-state index contributed by atoms with van der Waals surface area (Å²) in [6, 6.07) is 1.40. The molecule has 1 aromatic rings. The van der Waals surface area contributed by atoms with Crippen molar-refractivity contribution in [3.05, 3.63) is 18.5 Å². The molecule has 0 aliphatic rings. The zero-order valence-corrected chi connectivity index (χ0v) is 9.97. The first-order valence-corrected chi connectivity index (χ1v) is 5.44. The Morgan fingerprint density at radius 2 is 2.38 bits per heavy atom. The molecule has 5 heteroatoms. The Bertz CT molecular complexity index is 331. The number of hydrogen-bond donors (Lipinski definition) is 2. The van der Waals surface area contributed by atoms with E-state index in [0.717, 1.165) is 0 Å². The summed E-state index contributed by atoms with van der Waals surface area (Å²) in [5.41, 5.74) is -0.557. The predicted molar refractivity (Wildman–Crippen MR) is 60.9 cm³/mol. The summed E-state index contributed by atoms with van der Waals surface area (Å²) in [7, 11) is 0. The summed E-state index contributed by atoms with van der Waals surface area (Å²) in [6.07, 6.45) is 4.06. The Morgan fingerprint density at radius 1 is 1.69 bits per heavy atom. The third kappa shape index (κ3) is 2.82. The quantitative estimate of drug-likeness (QED) is 0.776. The van der Waals surface area contributed by atoms with Crippen molar-refractivity contribution in [1.29, 1.82) is 0 Å². The van der Waals surface area contributed by atoms with E-state index >= 15 is 0 Å². The van der Waals surface area contributed by atoms with Crippen LogP contribution in [0.2, 0.25) is 0 Å². The molecule has 0 saturated carbocycles. The highest BCUT2D eigenvalue weighted by atomic mass is 16.3. The summed E-state index contributed by atoms with van der Waals surface area (Å²) in [5.74, 6) is -0.137. The van der Waals surface area contributed by atoms with E-state index in [-0.39, 0.29) is 18.6 Å². The second-order valence-corrected chi connectivity index (χ2v) is 4.22. The van der Waals surface area contributed by atoms with Gasteiger partial charge in [-0.1, -0.05) is 6.92 Å². The number of aromatic nitrogens is 2. The minimum atomic E-state index is -0.557. The lowest BCUT2D eigenvalue weighted by Gasteiger charge is -2.28. The van der Waals surface area contributed by atoms with Crippen LogP contribution in [-0.2, 0) is 4.79 Å². The number of nitrogens with one attached hydrogen (secondary N) is 1. The molecule has 0 aliphatic heterocycles. The van der Waals surface area contributed by atoms with Crippen LogP contribution in [0.3, 0.4) is 0 Å². The number of aliphatic hydroxyl groups excluding tert-OH is 1. The highest BCUT2D eigenvalue weighted by molar-refractivity contribution is 5.80. The lowest BCUT2D eigenvalue weighted by atomic mass is 10.00. The Morgan fingerprint density at radius 3 is 2.81 bits per heavy atom. The van der Waals surface area contributed by atoms with Gasteiger partial charge in [0.2, 0.25) is 5.91 Å². The first-order valence-electron chi connectivity index (χ1n) is 5.44. The van der Waals surface area contributed by atoms with Crippen molar-refractivity contribution in [2.24, 2.45) is 0 Å². The molecule has 0 spiro atoms. The number of hydrogen-bond acceptors (Lipinski definition) is 3. The molecule has 0 aliphatic carbocycles. The Kier molecular flexibility index (Phi) is 4.06. The standard InChI is InChI=1S/C11H19N3O2/c1-4-11(3,8-15)13-10(16)9(2)14-7-5-6-12-14/h5-7,9,15H,4,8H2,1-3H3,(H,13,16). The fraction of sp³-hybridized carbons (Fsp3) is 0.636. The van der Waals surface area contributed by atoms with E-state index in [9.17, 15) is 9.90 Å². The van der Waals surface area contributed by atoms with Crippen LogP contribution in [0.4, 0.5) is 0 Å². The highest BCUT2D eigenvalue weighted by Crippen LogP contribution is 2.11. The van der Waals surface area contributed by atoms with E-state index < -0.39 is 5.54 Å². The third-order valence-corrected chi connectivity index (χ3v) is 2.86. The van der Waals surface area contributed by atoms with Gasteiger partial charge < -0.3 is 10.4 Å². The molecule has 0 aromatic carbocycles. The number of nitrogens with zero attached hydrogens (tertiary/aromatic N) is 2. The first kappa shape index (κ1) is 12.7. The highest BCUT2D eigenvalue weighted by Gasteiger charge is 2.26. The third-order valence-electron chi connectivity index (χ3n) is 2.86. The Hall–Kier alpha value is -1.36. The zero-order valence-electron chi connectivity index (χ0n) is 9.97. The van der Waals surface area contributed by atoms with Gasteiger partial charge in [-0.3, -0.25) is 9.48 Å². The fourth-order valence-corrected chi connectivity index (χ4v) is 1.27. The minimum absolute atomic E-state index is 0.0684. The van der Waals surface area contributed by atoms with Crippen molar-refractivity contribution in [3.8, 4) is 0 Å². The molecular formula is C11H19N3O2. The monoisotopic (exact) mass is 225 g/mol. The molecule has 5 nitrogen and oxygen atoms in total. The van der Waals surface area contributed by atoms with Crippen LogP contribution in [0.25, 0.3) is 0 Å². The second-order valence-electron chi connectivity index (χ2n) is 4.22. The van der Waals surface area contributed by atoms with Gasteiger partial charge in [-0.25, -0.2) is 0 Å². The Labute approximate surface area is 95.5 Å². The lowest BCUT2D eigenvalue weighted by Crippen LogP contribution is -2.50. The molecule has 90 valence electrons. The topological polar surface area (TPSA) is 67.2 Å². The van der Waals surface area contributed by atoms with Crippen LogP contribution in [0, 0.1) is 0 Å². The van der Waals surface area contributed by atoms with Crippen LogP contribution in [-0.4, -0.2) is 32.9 Å². The average Bonchev–Trinajstić information content (AvgIpc) is 2.81. The number of amides is 1. The van der Waals surface area contributed by atoms with Gasteiger partial charge in [0.1, 0.15) is 6.04 Å². The van der Waals surface area contributed by atoms with E-state index in [2.05, 4.69) is 10.4 Å². The van der Waals surface area contributed by atoms with Gasteiger partial charge in [-0.05, 0) is 26.3 Å². The normalized spacial score (nSPS) is 16.5. The van der Waals surface area contributed by atoms with Crippen molar-refractivity contribution < 1.29 is 9.90 Å². The molecule has 2 atom stereocenters.